The second-order valence-electron chi connectivity index (χ2n) is 5.08. The van der Waals surface area contributed by atoms with Gasteiger partial charge in [-0.15, -0.1) is 0 Å². The highest BCUT2D eigenvalue weighted by molar-refractivity contribution is 7.99. The first-order valence-electron chi connectivity index (χ1n) is 6.85. The summed E-state index contributed by atoms with van der Waals surface area (Å²) < 4.78 is 38.5. The summed E-state index contributed by atoms with van der Waals surface area (Å²) >= 11 is 1.81. The van der Waals surface area contributed by atoms with Gasteiger partial charge >= 0.3 is 6.18 Å². The van der Waals surface area contributed by atoms with E-state index < -0.39 is 11.9 Å². The molecule has 2 N–H and O–H groups in total. The number of hydrogen-bond donors (Lipinski definition) is 2. The molecule has 1 aromatic rings. The lowest BCUT2D eigenvalue weighted by Crippen LogP contribution is -2.29. The molecule has 1 heterocycles. The Morgan fingerprint density at radius 1 is 1.29 bits per heavy atom. The summed E-state index contributed by atoms with van der Waals surface area (Å²) in [6.45, 7) is 0. The van der Waals surface area contributed by atoms with E-state index >= 15 is 0 Å². The van der Waals surface area contributed by atoms with Gasteiger partial charge in [0.2, 0.25) is 5.95 Å². The van der Waals surface area contributed by atoms with Crippen LogP contribution in [0, 0.1) is 0 Å². The fourth-order valence-corrected chi connectivity index (χ4v) is 3.30. The maximum Gasteiger partial charge on any atom is 0.433 e. The van der Waals surface area contributed by atoms with E-state index in [0.29, 0.717) is 5.25 Å². The van der Waals surface area contributed by atoms with Crippen molar-refractivity contribution < 1.29 is 13.2 Å². The largest absolute Gasteiger partial charge is 0.433 e. The van der Waals surface area contributed by atoms with E-state index in [4.69, 9.17) is 0 Å². The number of halogens is 3. The Balaban J connectivity index is 2.15. The number of hydrogen-bond acceptors (Lipinski definition) is 5. The maximum absolute atomic E-state index is 12.8. The highest BCUT2D eigenvalue weighted by Crippen LogP contribution is 2.32. The van der Waals surface area contributed by atoms with E-state index in [0.717, 1.165) is 25.3 Å². The Morgan fingerprint density at radius 2 is 2.05 bits per heavy atom. The number of rotatable bonds is 4. The highest BCUT2D eigenvalue weighted by atomic mass is 32.2. The van der Waals surface area contributed by atoms with Crippen LogP contribution in [0.25, 0.3) is 0 Å². The van der Waals surface area contributed by atoms with E-state index in [9.17, 15) is 13.2 Å². The minimum Gasteiger partial charge on any atom is -0.367 e. The van der Waals surface area contributed by atoms with Gasteiger partial charge in [-0.25, -0.2) is 4.98 Å². The molecule has 0 radical (unpaired) electrons. The summed E-state index contributed by atoms with van der Waals surface area (Å²) in [5.74, 6) is 0.206. The smallest absolute Gasteiger partial charge is 0.367 e. The van der Waals surface area contributed by atoms with Crippen LogP contribution in [0.2, 0.25) is 0 Å². The Labute approximate surface area is 126 Å². The predicted molar refractivity (Wildman–Crippen MR) is 79.8 cm³/mol. The molecule has 1 aliphatic rings. The molecule has 2 atom stereocenters. The second kappa shape index (κ2) is 6.72. The van der Waals surface area contributed by atoms with Crippen molar-refractivity contribution >= 4 is 23.5 Å². The fourth-order valence-electron chi connectivity index (χ4n) is 2.48. The summed E-state index contributed by atoms with van der Waals surface area (Å²) in [4.78, 5) is 7.53. The van der Waals surface area contributed by atoms with E-state index in [1.54, 1.807) is 0 Å². The van der Waals surface area contributed by atoms with E-state index in [-0.39, 0.29) is 17.8 Å². The minimum atomic E-state index is -4.47. The summed E-state index contributed by atoms with van der Waals surface area (Å²) in [7, 11) is 1.50. The van der Waals surface area contributed by atoms with Gasteiger partial charge in [0.25, 0.3) is 0 Å². The zero-order chi connectivity index (χ0) is 15.5. The van der Waals surface area contributed by atoms with Crippen LogP contribution in [0.4, 0.5) is 24.9 Å². The zero-order valence-corrected chi connectivity index (χ0v) is 12.8. The summed E-state index contributed by atoms with van der Waals surface area (Å²) in [6.07, 6.45) is 1.74. The number of aromatic nitrogens is 2. The van der Waals surface area contributed by atoms with Gasteiger partial charge in [-0.3, -0.25) is 0 Å². The molecule has 0 aliphatic heterocycles. The first-order valence-corrected chi connectivity index (χ1v) is 8.14. The van der Waals surface area contributed by atoms with E-state index in [1.165, 1.54) is 13.5 Å². The Morgan fingerprint density at radius 3 is 2.67 bits per heavy atom. The van der Waals surface area contributed by atoms with E-state index in [1.807, 2.05) is 11.8 Å². The lowest BCUT2D eigenvalue weighted by molar-refractivity contribution is -0.141. The van der Waals surface area contributed by atoms with Crippen molar-refractivity contribution in [2.75, 3.05) is 23.9 Å². The average molecular weight is 320 g/mol. The van der Waals surface area contributed by atoms with E-state index in [2.05, 4.69) is 26.9 Å². The number of thioether (sulfide) groups is 1. The SMILES string of the molecule is CNc1nc(NC2CCCC(SC)C2)cc(C(F)(F)F)n1. The van der Waals surface area contributed by atoms with Gasteiger partial charge in [0, 0.05) is 24.4 Å². The quantitative estimate of drug-likeness (QED) is 0.887. The maximum atomic E-state index is 12.8. The van der Waals surface area contributed by atoms with Crippen molar-refractivity contribution in [2.45, 2.75) is 43.2 Å². The molecule has 1 fully saturated rings. The molecule has 0 amide bonds. The third-order valence-electron chi connectivity index (χ3n) is 3.55. The van der Waals surface area contributed by atoms with Crippen LogP contribution in [-0.2, 0) is 6.18 Å². The van der Waals surface area contributed by atoms with Gasteiger partial charge in [0.05, 0.1) is 0 Å². The molecule has 1 aromatic heterocycles. The van der Waals surface area contributed by atoms with Crippen molar-refractivity contribution in [3.63, 3.8) is 0 Å². The molecule has 2 unspecified atom stereocenters. The molecule has 21 heavy (non-hydrogen) atoms. The topological polar surface area (TPSA) is 49.8 Å². The molecule has 2 rings (SSSR count). The van der Waals surface area contributed by atoms with Crippen LogP contribution >= 0.6 is 11.8 Å². The van der Waals surface area contributed by atoms with Crippen LogP contribution in [0.15, 0.2) is 6.07 Å². The Hall–Kier alpha value is -1.18. The summed E-state index contributed by atoms with van der Waals surface area (Å²) in [5.41, 5.74) is -0.929. The Kier molecular flexibility index (Phi) is 5.18. The standard InChI is InChI=1S/C13H19F3N4S/c1-17-12-19-10(13(14,15)16)7-11(20-12)18-8-4-3-5-9(6-8)21-2/h7-9H,3-6H2,1-2H3,(H2,17,18,19,20). The van der Waals surface area contributed by atoms with Crippen molar-refractivity contribution in [3.05, 3.63) is 11.8 Å². The van der Waals surface area contributed by atoms with Gasteiger partial charge < -0.3 is 10.6 Å². The molecule has 8 heteroatoms. The number of nitrogens with one attached hydrogen (secondary N) is 2. The molecule has 4 nitrogen and oxygen atoms in total. The van der Waals surface area contributed by atoms with Crippen LogP contribution in [0.3, 0.4) is 0 Å². The van der Waals surface area contributed by atoms with Crippen molar-refractivity contribution in [2.24, 2.45) is 0 Å². The molecule has 118 valence electrons. The molecule has 0 bridgehead atoms. The summed E-state index contributed by atoms with van der Waals surface area (Å²) in [6, 6.07) is 1.14. The van der Waals surface area contributed by atoms with Crippen molar-refractivity contribution in [3.8, 4) is 0 Å². The van der Waals surface area contributed by atoms with Gasteiger partial charge in [0.1, 0.15) is 5.82 Å². The molecular weight excluding hydrogens is 301 g/mol. The molecule has 1 saturated carbocycles. The first kappa shape index (κ1) is 16.2. The van der Waals surface area contributed by atoms with Crippen LogP contribution in [0.5, 0.6) is 0 Å². The molecule has 0 spiro atoms. The zero-order valence-electron chi connectivity index (χ0n) is 12.0. The normalized spacial score (nSPS) is 22.9. The highest BCUT2D eigenvalue weighted by Gasteiger charge is 2.34. The number of nitrogens with zero attached hydrogens (tertiary/aromatic N) is 2. The molecular formula is C13H19F3N4S. The van der Waals surface area contributed by atoms with Gasteiger partial charge in [-0.05, 0) is 25.5 Å². The lowest BCUT2D eigenvalue weighted by atomic mass is 9.95. The molecule has 1 aliphatic carbocycles. The van der Waals surface area contributed by atoms with Crippen molar-refractivity contribution in [1.82, 2.24) is 9.97 Å². The van der Waals surface area contributed by atoms with Crippen LogP contribution < -0.4 is 10.6 Å². The average Bonchev–Trinajstić information content (AvgIpc) is 2.46. The van der Waals surface area contributed by atoms with Gasteiger partial charge in [-0.2, -0.15) is 29.9 Å². The minimum absolute atomic E-state index is 0.0236. The molecule has 0 saturated heterocycles. The Bertz CT molecular complexity index is 481. The second-order valence-corrected chi connectivity index (χ2v) is 6.21. The fraction of sp³-hybridized carbons (Fsp3) is 0.692. The number of alkyl halides is 3. The van der Waals surface area contributed by atoms with Crippen molar-refractivity contribution in [1.29, 1.82) is 0 Å². The predicted octanol–water partition coefficient (Wildman–Crippen LogP) is 3.62. The van der Waals surface area contributed by atoms with Crippen LogP contribution in [-0.4, -0.2) is 34.6 Å². The van der Waals surface area contributed by atoms with Gasteiger partial charge in [0.15, 0.2) is 5.69 Å². The molecule has 0 aromatic carbocycles. The third-order valence-corrected chi connectivity index (χ3v) is 4.65. The third kappa shape index (κ3) is 4.39. The number of anilines is 2. The first-order chi connectivity index (χ1) is 9.92. The van der Waals surface area contributed by atoms with Gasteiger partial charge in [-0.1, -0.05) is 6.42 Å². The lowest BCUT2D eigenvalue weighted by Gasteiger charge is -2.29. The monoisotopic (exact) mass is 320 g/mol. The summed E-state index contributed by atoms with van der Waals surface area (Å²) in [5, 5.41) is 6.26. The van der Waals surface area contributed by atoms with Crippen LogP contribution in [0.1, 0.15) is 31.4 Å².